The van der Waals surface area contributed by atoms with Crippen molar-refractivity contribution in [3.8, 4) is 0 Å². The molecule has 1 aromatic carbocycles. The van der Waals surface area contributed by atoms with E-state index in [1.165, 1.54) is 12.0 Å². The van der Waals surface area contributed by atoms with Crippen LogP contribution in [0.3, 0.4) is 0 Å². The standard InChI is InChI=1S/C12H20N2/c1-3-4-11-5-7-12(8-6-11)14-10(2)9-13/h5-8,10,14H,3-4,9,13H2,1-2H3. The van der Waals surface area contributed by atoms with Crippen LogP contribution in [0.15, 0.2) is 24.3 Å². The van der Waals surface area contributed by atoms with Crippen molar-refractivity contribution in [3.63, 3.8) is 0 Å². The van der Waals surface area contributed by atoms with Crippen LogP contribution >= 0.6 is 0 Å². The molecule has 3 N–H and O–H groups in total. The predicted octanol–water partition coefficient (Wildman–Crippen LogP) is 2.40. The third-order valence-corrected chi connectivity index (χ3v) is 2.26. The van der Waals surface area contributed by atoms with Gasteiger partial charge in [-0.2, -0.15) is 0 Å². The molecule has 0 aliphatic rings. The molecule has 0 amide bonds. The van der Waals surface area contributed by atoms with Gasteiger partial charge in [-0.15, -0.1) is 0 Å². The summed E-state index contributed by atoms with van der Waals surface area (Å²) in [7, 11) is 0. The Balaban J connectivity index is 2.54. The molecule has 1 aromatic rings. The molecule has 0 aliphatic heterocycles. The number of anilines is 1. The average molecular weight is 192 g/mol. The van der Waals surface area contributed by atoms with Crippen LogP contribution in [0.4, 0.5) is 5.69 Å². The van der Waals surface area contributed by atoms with Gasteiger partial charge in [-0.05, 0) is 31.0 Å². The van der Waals surface area contributed by atoms with E-state index < -0.39 is 0 Å². The number of hydrogen-bond acceptors (Lipinski definition) is 2. The Morgan fingerprint density at radius 2 is 1.93 bits per heavy atom. The van der Waals surface area contributed by atoms with Gasteiger partial charge in [-0.1, -0.05) is 25.5 Å². The number of nitrogens with two attached hydrogens (primary N) is 1. The number of aryl methyl sites for hydroxylation is 1. The van der Waals surface area contributed by atoms with Crippen LogP contribution in [0, 0.1) is 0 Å². The van der Waals surface area contributed by atoms with E-state index in [-0.39, 0.29) is 0 Å². The lowest BCUT2D eigenvalue weighted by Gasteiger charge is -2.12. The van der Waals surface area contributed by atoms with Crippen LogP contribution < -0.4 is 11.1 Å². The second-order valence-electron chi connectivity index (χ2n) is 3.73. The Hall–Kier alpha value is -1.02. The van der Waals surface area contributed by atoms with Gasteiger partial charge in [0.25, 0.3) is 0 Å². The minimum atomic E-state index is 0.340. The van der Waals surface area contributed by atoms with Gasteiger partial charge in [0.05, 0.1) is 0 Å². The molecule has 0 bridgehead atoms. The summed E-state index contributed by atoms with van der Waals surface area (Å²) in [5.74, 6) is 0. The Kier molecular flexibility index (Phi) is 4.47. The Morgan fingerprint density at radius 1 is 1.29 bits per heavy atom. The first kappa shape index (κ1) is 11.1. The Morgan fingerprint density at radius 3 is 2.43 bits per heavy atom. The fourth-order valence-corrected chi connectivity index (χ4v) is 1.40. The van der Waals surface area contributed by atoms with Gasteiger partial charge in [0.1, 0.15) is 0 Å². The molecule has 0 fully saturated rings. The summed E-state index contributed by atoms with van der Waals surface area (Å²) < 4.78 is 0. The Bertz CT molecular complexity index is 254. The average Bonchev–Trinajstić information content (AvgIpc) is 2.21. The lowest BCUT2D eigenvalue weighted by Crippen LogP contribution is -2.25. The summed E-state index contributed by atoms with van der Waals surface area (Å²) >= 11 is 0. The highest BCUT2D eigenvalue weighted by Crippen LogP contribution is 2.11. The molecule has 0 saturated heterocycles. The molecular formula is C12H20N2. The van der Waals surface area contributed by atoms with Crippen LogP contribution in [-0.2, 0) is 6.42 Å². The second-order valence-corrected chi connectivity index (χ2v) is 3.73. The van der Waals surface area contributed by atoms with Gasteiger partial charge in [0.15, 0.2) is 0 Å². The smallest absolute Gasteiger partial charge is 0.0355 e. The fraction of sp³-hybridized carbons (Fsp3) is 0.500. The van der Waals surface area contributed by atoms with E-state index in [0.717, 1.165) is 12.1 Å². The molecule has 0 heterocycles. The van der Waals surface area contributed by atoms with Gasteiger partial charge >= 0.3 is 0 Å². The summed E-state index contributed by atoms with van der Waals surface area (Å²) in [4.78, 5) is 0. The van der Waals surface area contributed by atoms with E-state index in [1.807, 2.05) is 0 Å². The Labute approximate surface area is 86.5 Å². The van der Waals surface area contributed by atoms with E-state index in [4.69, 9.17) is 5.73 Å². The van der Waals surface area contributed by atoms with Gasteiger partial charge in [0, 0.05) is 18.3 Å². The number of rotatable bonds is 5. The maximum atomic E-state index is 5.53. The molecule has 2 heteroatoms. The molecule has 78 valence electrons. The normalized spacial score (nSPS) is 12.5. The molecule has 1 unspecified atom stereocenters. The molecular weight excluding hydrogens is 172 g/mol. The van der Waals surface area contributed by atoms with Gasteiger partial charge in [0.2, 0.25) is 0 Å². The first-order valence-corrected chi connectivity index (χ1v) is 5.31. The van der Waals surface area contributed by atoms with Crippen molar-refractivity contribution in [2.24, 2.45) is 5.73 Å². The minimum absolute atomic E-state index is 0.340. The van der Waals surface area contributed by atoms with Crippen LogP contribution in [0.5, 0.6) is 0 Å². The zero-order chi connectivity index (χ0) is 10.4. The molecule has 0 saturated carbocycles. The zero-order valence-electron chi connectivity index (χ0n) is 9.09. The van der Waals surface area contributed by atoms with Crippen LogP contribution in [0.2, 0.25) is 0 Å². The monoisotopic (exact) mass is 192 g/mol. The summed E-state index contributed by atoms with van der Waals surface area (Å²) in [6, 6.07) is 8.94. The van der Waals surface area contributed by atoms with Gasteiger partial charge < -0.3 is 11.1 Å². The molecule has 0 radical (unpaired) electrons. The topological polar surface area (TPSA) is 38.0 Å². The zero-order valence-corrected chi connectivity index (χ0v) is 9.09. The highest BCUT2D eigenvalue weighted by atomic mass is 14.9. The highest BCUT2D eigenvalue weighted by Gasteiger charge is 1.98. The number of nitrogens with one attached hydrogen (secondary N) is 1. The molecule has 0 aromatic heterocycles. The van der Waals surface area contributed by atoms with Crippen molar-refractivity contribution in [2.45, 2.75) is 32.7 Å². The molecule has 0 aliphatic carbocycles. The summed E-state index contributed by atoms with van der Waals surface area (Å²) in [5.41, 5.74) is 8.09. The SMILES string of the molecule is CCCc1ccc(NC(C)CN)cc1. The molecule has 2 nitrogen and oxygen atoms in total. The lowest BCUT2D eigenvalue weighted by molar-refractivity contribution is 0.804. The van der Waals surface area contributed by atoms with E-state index in [0.29, 0.717) is 12.6 Å². The van der Waals surface area contributed by atoms with Gasteiger partial charge in [-0.25, -0.2) is 0 Å². The van der Waals surface area contributed by atoms with Crippen molar-refractivity contribution in [3.05, 3.63) is 29.8 Å². The van der Waals surface area contributed by atoms with Crippen LogP contribution in [0.25, 0.3) is 0 Å². The van der Waals surface area contributed by atoms with E-state index in [1.54, 1.807) is 0 Å². The van der Waals surface area contributed by atoms with Crippen molar-refractivity contribution in [1.29, 1.82) is 0 Å². The van der Waals surface area contributed by atoms with Crippen molar-refractivity contribution in [1.82, 2.24) is 0 Å². The second kappa shape index (κ2) is 5.66. The fourth-order valence-electron chi connectivity index (χ4n) is 1.40. The van der Waals surface area contributed by atoms with E-state index >= 15 is 0 Å². The number of benzene rings is 1. The maximum Gasteiger partial charge on any atom is 0.0355 e. The van der Waals surface area contributed by atoms with E-state index in [2.05, 4.69) is 43.4 Å². The molecule has 1 rings (SSSR count). The molecule has 14 heavy (non-hydrogen) atoms. The third kappa shape index (κ3) is 3.38. The first-order chi connectivity index (χ1) is 6.76. The van der Waals surface area contributed by atoms with E-state index in [9.17, 15) is 0 Å². The largest absolute Gasteiger partial charge is 0.381 e. The summed E-state index contributed by atoms with van der Waals surface area (Å²) in [6.45, 7) is 4.94. The lowest BCUT2D eigenvalue weighted by atomic mass is 10.1. The molecule has 0 spiro atoms. The third-order valence-electron chi connectivity index (χ3n) is 2.26. The minimum Gasteiger partial charge on any atom is -0.381 e. The van der Waals surface area contributed by atoms with Crippen molar-refractivity contribution < 1.29 is 0 Å². The molecule has 1 atom stereocenters. The van der Waals surface area contributed by atoms with Crippen LogP contribution in [-0.4, -0.2) is 12.6 Å². The highest BCUT2D eigenvalue weighted by molar-refractivity contribution is 5.45. The summed E-state index contributed by atoms with van der Waals surface area (Å²) in [6.07, 6.45) is 2.36. The summed E-state index contributed by atoms with van der Waals surface area (Å²) in [5, 5.41) is 3.34. The van der Waals surface area contributed by atoms with Crippen molar-refractivity contribution >= 4 is 5.69 Å². The predicted molar refractivity (Wildman–Crippen MR) is 62.6 cm³/mol. The van der Waals surface area contributed by atoms with Gasteiger partial charge in [-0.3, -0.25) is 0 Å². The van der Waals surface area contributed by atoms with Crippen LogP contribution in [0.1, 0.15) is 25.8 Å². The first-order valence-electron chi connectivity index (χ1n) is 5.31. The van der Waals surface area contributed by atoms with Crippen molar-refractivity contribution in [2.75, 3.05) is 11.9 Å². The quantitative estimate of drug-likeness (QED) is 0.751. The number of hydrogen-bond donors (Lipinski definition) is 2. The maximum absolute atomic E-state index is 5.53.